The van der Waals surface area contributed by atoms with Crippen LogP contribution in [0.3, 0.4) is 0 Å². The number of nitrogens with one attached hydrogen (secondary N) is 1. The van der Waals surface area contributed by atoms with Crippen molar-refractivity contribution in [2.75, 3.05) is 5.73 Å². The molecule has 3 rings (SSSR count). The fourth-order valence-corrected chi connectivity index (χ4v) is 2.36. The number of fused-ring (bicyclic) bond motifs is 1. The molecule has 1 aromatic heterocycles. The van der Waals surface area contributed by atoms with Crippen LogP contribution in [0, 0.1) is 6.92 Å². The zero-order chi connectivity index (χ0) is 13.4. The summed E-state index contributed by atoms with van der Waals surface area (Å²) in [5.74, 6) is 0.773. The molecule has 0 fully saturated rings. The molecule has 96 valence electrons. The van der Waals surface area contributed by atoms with Gasteiger partial charge in [0, 0.05) is 10.2 Å². The van der Waals surface area contributed by atoms with Gasteiger partial charge in [-0.1, -0.05) is 15.9 Å². The highest BCUT2D eigenvalue weighted by Gasteiger charge is 2.07. The van der Waals surface area contributed by atoms with Gasteiger partial charge >= 0.3 is 0 Å². The maximum Gasteiger partial charge on any atom is 0.300 e. The van der Waals surface area contributed by atoms with E-state index in [1.165, 1.54) is 0 Å². The number of nitrogens with zero attached hydrogens (tertiary/aromatic N) is 1. The summed E-state index contributed by atoms with van der Waals surface area (Å²) in [4.78, 5) is 7.47. The maximum absolute atomic E-state index is 5.76. The molecule has 0 amide bonds. The van der Waals surface area contributed by atoms with Crippen LogP contribution in [0.4, 0.5) is 5.69 Å². The first kappa shape index (κ1) is 12.0. The first-order valence-electron chi connectivity index (χ1n) is 5.81. The molecule has 1 heterocycles. The summed E-state index contributed by atoms with van der Waals surface area (Å²) in [6.45, 7) is 1.99. The van der Waals surface area contributed by atoms with Crippen LogP contribution in [0.2, 0.25) is 0 Å². The summed E-state index contributed by atoms with van der Waals surface area (Å²) in [5, 5.41) is 0. The van der Waals surface area contributed by atoms with E-state index in [1.807, 2.05) is 43.3 Å². The average Bonchev–Trinajstić information content (AvgIpc) is 2.74. The zero-order valence-electron chi connectivity index (χ0n) is 10.3. The lowest BCUT2D eigenvalue weighted by molar-refractivity contribution is 0.446. The zero-order valence-corrected chi connectivity index (χ0v) is 11.9. The number of aryl methyl sites for hydroxylation is 1. The summed E-state index contributed by atoms with van der Waals surface area (Å²) in [5.41, 5.74) is 9.16. The quantitative estimate of drug-likeness (QED) is 0.702. The lowest BCUT2D eigenvalue weighted by atomic mass is 10.2. The number of hydrogen-bond acceptors (Lipinski definition) is 3. The third-order valence-corrected chi connectivity index (χ3v) is 3.32. The summed E-state index contributed by atoms with van der Waals surface area (Å²) in [7, 11) is 0. The van der Waals surface area contributed by atoms with Crippen molar-refractivity contribution in [1.82, 2.24) is 9.97 Å². The van der Waals surface area contributed by atoms with E-state index in [1.54, 1.807) is 0 Å². The smallest absolute Gasteiger partial charge is 0.300 e. The third-order valence-electron chi connectivity index (χ3n) is 2.83. The van der Waals surface area contributed by atoms with Crippen molar-refractivity contribution < 1.29 is 4.74 Å². The Morgan fingerprint density at radius 2 is 2.05 bits per heavy atom. The lowest BCUT2D eigenvalue weighted by Crippen LogP contribution is -1.88. The molecule has 19 heavy (non-hydrogen) atoms. The second-order valence-corrected chi connectivity index (χ2v) is 5.25. The van der Waals surface area contributed by atoms with Crippen LogP contribution in [0.15, 0.2) is 40.9 Å². The molecule has 5 heteroatoms. The first-order chi connectivity index (χ1) is 9.11. The standard InChI is InChI=1S/C14H12BrN3O/c1-8-6-9(15)2-5-13(8)19-14-17-11-4-3-10(16)7-12(11)18-14/h2-7H,16H2,1H3,(H,17,18). The molecule has 2 aromatic carbocycles. The molecule has 0 unspecified atom stereocenters. The van der Waals surface area contributed by atoms with Crippen molar-refractivity contribution >= 4 is 32.7 Å². The van der Waals surface area contributed by atoms with Gasteiger partial charge in [0.1, 0.15) is 5.75 Å². The van der Waals surface area contributed by atoms with Gasteiger partial charge in [-0.15, -0.1) is 0 Å². The number of hydrogen-bond donors (Lipinski definition) is 2. The highest BCUT2D eigenvalue weighted by Crippen LogP contribution is 2.27. The Bertz CT molecular complexity index is 752. The first-order valence-corrected chi connectivity index (χ1v) is 6.60. The molecular weight excluding hydrogens is 306 g/mol. The molecular formula is C14H12BrN3O. The van der Waals surface area contributed by atoms with E-state index in [0.29, 0.717) is 11.7 Å². The number of nitrogen functional groups attached to an aromatic ring is 1. The molecule has 0 saturated heterocycles. The average molecular weight is 318 g/mol. The van der Waals surface area contributed by atoms with Crippen LogP contribution in [-0.4, -0.2) is 9.97 Å². The Labute approximate surface area is 118 Å². The Kier molecular flexibility index (Phi) is 2.91. The fraction of sp³-hybridized carbons (Fsp3) is 0.0714. The lowest BCUT2D eigenvalue weighted by Gasteiger charge is -2.05. The Hall–Kier alpha value is -2.01. The number of imidazole rings is 1. The minimum absolute atomic E-state index is 0.464. The minimum Gasteiger partial charge on any atom is -0.425 e. The van der Waals surface area contributed by atoms with Gasteiger partial charge in [-0.05, 0) is 48.9 Å². The van der Waals surface area contributed by atoms with Gasteiger partial charge in [0.15, 0.2) is 0 Å². The molecule has 4 nitrogen and oxygen atoms in total. The highest BCUT2D eigenvalue weighted by atomic mass is 79.9. The number of aromatic amines is 1. The number of H-pyrrole nitrogens is 1. The van der Waals surface area contributed by atoms with Gasteiger partial charge in [-0.3, -0.25) is 0 Å². The summed E-state index contributed by atoms with van der Waals surface area (Å²) < 4.78 is 6.78. The van der Waals surface area contributed by atoms with Crippen LogP contribution in [-0.2, 0) is 0 Å². The van der Waals surface area contributed by atoms with E-state index in [2.05, 4.69) is 25.9 Å². The van der Waals surface area contributed by atoms with E-state index in [4.69, 9.17) is 10.5 Å². The SMILES string of the molecule is Cc1cc(Br)ccc1Oc1nc2ccc(N)cc2[nH]1. The molecule has 0 aliphatic rings. The third kappa shape index (κ3) is 2.42. The molecule has 3 aromatic rings. The number of rotatable bonds is 2. The summed E-state index contributed by atoms with van der Waals surface area (Å²) >= 11 is 3.42. The topological polar surface area (TPSA) is 63.9 Å². The molecule has 0 atom stereocenters. The van der Waals surface area contributed by atoms with Gasteiger partial charge in [0.05, 0.1) is 11.0 Å². The number of anilines is 1. The largest absolute Gasteiger partial charge is 0.425 e. The molecule has 0 aliphatic carbocycles. The van der Waals surface area contributed by atoms with Gasteiger partial charge in [0.25, 0.3) is 6.01 Å². The maximum atomic E-state index is 5.76. The van der Waals surface area contributed by atoms with E-state index in [9.17, 15) is 0 Å². The predicted octanol–water partition coefficient (Wildman–Crippen LogP) is 4.01. The van der Waals surface area contributed by atoms with Crippen LogP contribution < -0.4 is 10.5 Å². The van der Waals surface area contributed by atoms with E-state index in [-0.39, 0.29) is 0 Å². The van der Waals surface area contributed by atoms with Gasteiger partial charge in [-0.2, -0.15) is 4.98 Å². The van der Waals surface area contributed by atoms with Crippen LogP contribution >= 0.6 is 15.9 Å². The fourth-order valence-electron chi connectivity index (χ4n) is 1.88. The van der Waals surface area contributed by atoms with Crippen LogP contribution in [0.1, 0.15) is 5.56 Å². The van der Waals surface area contributed by atoms with Gasteiger partial charge in [-0.25, -0.2) is 0 Å². The Morgan fingerprint density at radius 1 is 1.21 bits per heavy atom. The van der Waals surface area contributed by atoms with Crippen molar-refractivity contribution in [3.05, 3.63) is 46.4 Å². The van der Waals surface area contributed by atoms with Crippen molar-refractivity contribution in [1.29, 1.82) is 0 Å². The monoisotopic (exact) mass is 317 g/mol. The van der Waals surface area contributed by atoms with Crippen LogP contribution in [0.5, 0.6) is 11.8 Å². The summed E-state index contributed by atoms with van der Waals surface area (Å²) in [6.07, 6.45) is 0. The van der Waals surface area contributed by atoms with E-state index >= 15 is 0 Å². The van der Waals surface area contributed by atoms with Gasteiger partial charge in [0.2, 0.25) is 0 Å². The molecule has 0 aliphatic heterocycles. The van der Waals surface area contributed by atoms with Gasteiger partial charge < -0.3 is 15.5 Å². The molecule has 0 radical (unpaired) electrons. The molecule has 0 spiro atoms. The van der Waals surface area contributed by atoms with E-state index < -0.39 is 0 Å². The number of benzene rings is 2. The van der Waals surface area contributed by atoms with Crippen LogP contribution in [0.25, 0.3) is 11.0 Å². The number of nitrogens with two attached hydrogens (primary N) is 1. The second kappa shape index (κ2) is 4.59. The van der Waals surface area contributed by atoms with Crippen molar-refractivity contribution in [3.8, 4) is 11.8 Å². The van der Waals surface area contributed by atoms with Crippen molar-refractivity contribution in [3.63, 3.8) is 0 Å². The molecule has 0 saturated carbocycles. The number of ether oxygens (including phenoxy) is 1. The minimum atomic E-state index is 0.464. The Balaban J connectivity index is 1.96. The van der Waals surface area contributed by atoms with Crippen molar-refractivity contribution in [2.24, 2.45) is 0 Å². The molecule has 3 N–H and O–H groups in total. The van der Waals surface area contributed by atoms with Crippen molar-refractivity contribution in [2.45, 2.75) is 6.92 Å². The number of aromatic nitrogens is 2. The highest BCUT2D eigenvalue weighted by molar-refractivity contribution is 9.10. The predicted molar refractivity (Wildman–Crippen MR) is 79.5 cm³/mol. The molecule has 0 bridgehead atoms. The normalized spacial score (nSPS) is 10.8. The summed E-state index contributed by atoms with van der Waals surface area (Å²) in [6, 6.07) is 11.8. The Morgan fingerprint density at radius 3 is 2.84 bits per heavy atom. The second-order valence-electron chi connectivity index (χ2n) is 4.33. The van der Waals surface area contributed by atoms with E-state index in [0.717, 1.165) is 26.8 Å². The number of halogens is 1.